The van der Waals surface area contributed by atoms with E-state index < -0.39 is 10.1 Å². The Kier molecular flexibility index (Phi) is 3.44. The Balaban J connectivity index is 2.65. The van der Waals surface area contributed by atoms with Crippen molar-refractivity contribution >= 4 is 10.1 Å². The van der Waals surface area contributed by atoms with Crippen LogP contribution in [0.2, 0.25) is 0 Å². The first-order chi connectivity index (χ1) is 9.01. The summed E-state index contributed by atoms with van der Waals surface area (Å²) in [5, 5.41) is 8.98. The van der Waals surface area contributed by atoms with Crippen LogP contribution >= 0.6 is 0 Å². The Morgan fingerprint density at radius 2 is 2.00 bits per heavy atom. The molecule has 96 valence electrons. The van der Waals surface area contributed by atoms with E-state index >= 15 is 0 Å². The minimum atomic E-state index is -3.76. The van der Waals surface area contributed by atoms with Crippen LogP contribution in [0.3, 0.4) is 0 Å². The van der Waals surface area contributed by atoms with Crippen LogP contribution in [0.4, 0.5) is 0 Å². The predicted molar refractivity (Wildman–Crippen MR) is 67.7 cm³/mol. The van der Waals surface area contributed by atoms with Gasteiger partial charge in [-0.1, -0.05) is 6.07 Å². The van der Waals surface area contributed by atoms with Gasteiger partial charge in [0.25, 0.3) is 0 Å². The molecule has 2 rings (SSSR count). The molecular formula is C12H9N3O3S. The maximum Gasteiger partial charge on any atom is 0.306 e. The number of pyridine rings is 2. The molecule has 0 spiro atoms. The molecule has 0 N–H and O–H groups in total. The second kappa shape index (κ2) is 5.04. The fourth-order valence-electron chi connectivity index (χ4n) is 1.49. The number of nitrogens with zero attached hydrogens (tertiary/aromatic N) is 3. The molecule has 6 nitrogen and oxygen atoms in total. The zero-order valence-corrected chi connectivity index (χ0v) is 10.8. The molecule has 0 saturated heterocycles. The molecule has 2 aromatic heterocycles. The third-order valence-corrected chi connectivity index (χ3v) is 2.66. The van der Waals surface area contributed by atoms with Crippen molar-refractivity contribution in [1.29, 1.82) is 5.26 Å². The molecule has 0 radical (unpaired) electrons. The second-order valence-corrected chi connectivity index (χ2v) is 5.23. The van der Waals surface area contributed by atoms with E-state index in [1.807, 2.05) is 0 Å². The third-order valence-electron chi connectivity index (χ3n) is 2.19. The van der Waals surface area contributed by atoms with Gasteiger partial charge in [0.15, 0.2) is 11.4 Å². The summed E-state index contributed by atoms with van der Waals surface area (Å²) in [7, 11) is -3.76. The predicted octanol–water partition coefficient (Wildman–Crippen LogP) is 1.35. The lowest BCUT2D eigenvalue weighted by atomic mass is 10.1. The summed E-state index contributed by atoms with van der Waals surface area (Å²) in [4.78, 5) is 7.89. The minimum Gasteiger partial charge on any atom is -0.379 e. The Morgan fingerprint density at radius 3 is 2.58 bits per heavy atom. The van der Waals surface area contributed by atoms with Gasteiger partial charge in [-0.25, -0.2) is 4.98 Å². The molecule has 19 heavy (non-hydrogen) atoms. The van der Waals surface area contributed by atoms with Gasteiger partial charge in [0.2, 0.25) is 0 Å². The maximum atomic E-state index is 11.3. The van der Waals surface area contributed by atoms with Crippen LogP contribution in [0.15, 0.2) is 36.7 Å². The molecule has 0 aliphatic heterocycles. The topological polar surface area (TPSA) is 92.9 Å². The number of hydrogen-bond acceptors (Lipinski definition) is 6. The molecule has 0 unspecified atom stereocenters. The van der Waals surface area contributed by atoms with Gasteiger partial charge in [0, 0.05) is 18.0 Å². The van der Waals surface area contributed by atoms with E-state index in [1.54, 1.807) is 36.5 Å². The van der Waals surface area contributed by atoms with Crippen LogP contribution in [0.1, 0.15) is 5.69 Å². The van der Waals surface area contributed by atoms with Gasteiger partial charge in [0.1, 0.15) is 6.07 Å². The summed E-state index contributed by atoms with van der Waals surface area (Å²) in [6.07, 6.45) is 3.87. The van der Waals surface area contributed by atoms with Crippen LogP contribution in [-0.4, -0.2) is 24.6 Å². The van der Waals surface area contributed by atoms with Crippen molar-refractivity contribution in [3.05, 3.63) is 42.4 Å². The van der Waals surface area contributed by atoms with E-state index in [4.69, 9.17) is 9.44 Å². The Morgan fingerprint density at radius 1 is 1.21 bits per heavy atom. The van der Waals surface area contributed by atoms with E-state index in [1.165, 1.54) is 6.20 Å². The van der Waals surface area contributed by atoms with Crippen molar-refractivity contribution in [2.45, 2.75) is 0 Å². The van der Waals surface area contributed by atoms with Crippen molar-refractivity contribution in [1.82, 2.24) is 9.97 Å². The number of hydrogen-bond donors (Lipinski definition) is 0. The molecule has 0 aliphatic rings. The first-order valence-corrected chi connectivity index (χ1v) is 7.03. The largest absolute Gasteiger partial charge is 0.379 e. The van der Waals surface area contributed by atoms with E-state index in [2.05, 4.69) is 9.97 Å². The average Bonchev–Trinajstić information content (AvgIpc) is 2.38. The summed E-state index contributed by atoms with van der Waals surface area (Å²) >= 11 is 0. The molecular weight excluding hydrogens is 266 g/mol. The summed E-state index contributed by atoms with van der Waals surface area (Å²) < 4.78 is 27.4. The van der Waals surface area contributed by atoms with Gasteiger partial charge in [-0.05, 0) is 18.2 Å². The van der Waals surface area contributed by atoms with E-state index in [0.29, 0.717) is 11.3 Å². The van der Waals surface area contributed by atoms with Crippen LogP contribution in [-0.2, 0) is 10.1 Å². The normalized spacial score (nSPS) is 10.7. The lowest BCUT2D eigenvalue weighted by Crippen LogP contribution is -2.09. The zero-order valence-electron chi connectivity index (χ0n) is 9.94. The van der Waals surface area contributed by atoms with Gasteiger partial charge in [-0.3, -0.25) is 4.98 Å². The highest BCUT2D eigenvalue weighted by molar-refractivity contribution is 7.86. The fraction of sp³-hybridized carbons (Fsp3) is 0.0833. The van der Waals surface area contributed by atoms with E-state index in [0.717, 1.165) is 6.26 Å². The molecule has 0 fully saturated rings. The van der Waals surface area contributed by atoms with Gasteiger partial charge in [-0.15, -0.1) is 0 Å². The Hall–Kier alpha value is -2.46. The molecule has 0 atom stereocenters. The average molecular weight is 275 g/mol. The van der Waals surface area contributed by atoms with Crippen molar-refractivity contribution in [3.63, 3.8) is 0 Å². The summed E-state index contributed by atoms with van der Waals surface area (Å²) in [6, 6.07) is 8.51. The molecule has 7 heteroatoms. The van der Waals surface area contributed by atoms with Gasteiger partial charge >= 0.3 is 10.1 Å². The second-order valence-electron chi connectivity index (χ2n) is 3.65. The molecule has 0 amide bonds. The first kappa shape index (κ1) is 13.0. The van der Waals surface area contributed by atoms with Crippen LogP contribution in [0.25, 0.3) is 11.3 Å². The summed E-state index contributed by atoms with van der Waals surface area (Å²) in [5.41, 5.74) is 0.797. The van der Waals surface area contributed by atoms with Crippen LogP contribution in [0, 0.1) is 11.3 Å². The number of nitriles is 1. The van der Waals surface area contributed by atoms with Crippen LogP contribution in [0.5, 0.6) is 5.75 Å². The van der Waals surface area contributed by atoms with Crippen LogP contribution < -0.4 is 4.18 Å². The monoisotopic (exact) mass is 275 g/mol. The number of rotatable bonds is 3. The smallest absolute Gasteiger partial charge is 0.306 e. The third kappa shape index (κ3) is 3.05. The zero-order chi connectivity index (χ0) is 13.9. The number of aromatic nitrogens is 2. The van der Waals surface area contributed by atoms with Gasteiger partial charge in [0.05, 0.1) is 11.9 Å². The molecule has 0 aromatic carbocycles. The molecule has 0 saturated carbocycles. The SMILES string of the molecule is CS(=O)(=O)Oc1c(-c2ccccn2)ccnc1C#N. The Bertz CT molecular complexity index is 737. The fourth-order valence-corrected chi connectivity index (χ4v) is 1.96. The summed E-state index contributed by atoms with van der Waals surface area (Å²) in [5.74, 6) is -0.105. The van der Waals surface area contributed by atoms with Crippen molar-refractivity contribution in [3.8, 4) is 23.1 Å². The molecule has 2 aromatic rings. The van der Waals surface area contributed by atoms with E-state index in [9.17, 15) is 8.42 Å². The molecule has 2 heterocycles. The van der Waals surface area contributed by atoms with Gasteiger partial charge < -0.3 is 4.18 Å². The summed E-state index contributed by atoms with van der Waals surface area (Å²) in [6.45, 7) is 0. The Labute approximate surface area is 110 Å². The quantitative estimate of drug-likeness (QED) is 0.785. The highest BCUT2D eigenvalue weighted by atomic mass is 32.2. The van der Waals surface area contributed by atoms with Crippen molar-refractivity contribution < 1.29 is 12.6 Å². The van der Waals surface area contributed by atoms with Gasteiger partial charge in [-0.2, -0.15) is 13.7 Å². The molecule has 0 aliphatic carbocycles. The highest BCUT2D eigenvalue weighted by Crippen LogP contribution is 2.31. The maximum absolute atomic E-state index is 11.3. The highest BCUT2D eigenvalue weighted by Gasteiger charge is 2.17. The lowest BCUT2D eigenvalue weighted by molar-refractivity contribution is 0.491. The molecule has 0 bridgehead atoms. The van der Waals surface area contributed by atoms with E-state index in [-0.39, 0.29) is 11.4 Å². The standard InChI is InChI=1S/C12H9N3O3S/c1-19(16,17)18-12-9(5-7-15-11(12)8-13)10-4-2-3-6-14-10/h2-7H,1H3. The lowest BCUT2D eigenvalue weighted by Gasteiger charge is -2.09. The van der Waals surface area contributed by atoms with Crippen molar-refractivity contribution in [2.75, 3.05) is 6.26 Å². The first-order valence-electron chi connectivity index (χ1n) is 5.21. The van der Waals surface area contributed by atoms with Crippen molar-refractivity contribution in [2.24, 2.45) is 0 Å². The minimum absolute atomic E-state index is 0.103.